The summed E-state index contributed by atoms with van der Waals surface area (Å²) in [5.74, 6) is 0. The topological polar surface area (TPSA) is 179 Å². The van der Waals surface area contributed by atoms with E-state index < -0.39 is 30.4 Å². The average molecular weight is 861 g/mol. The average Bonchev–Trinajstić information content (AvgIpc) is 3.21. The Balaban J connectivity index is 0.000000283. The van der Waals surface area contributed by atoms with E-state index in [1.54, 1.807) is 18.2 Å². The van der Waals surface area contributed by atoms with Crippen molar-refractivity contribution in [1.82, 2.24) is 0 Å². The van der Waals surface area contributed by atoms with Crippen LogP contribution in [0.15, 0.2) is 187 Å². The van der Waals surface area contributed by atoms with Crippen molar-refractivity contribution in [3.05, 3.63) is 200 Å². The van der Waals surface area contributed by atoms with Crippen molar-refractivity contribution in [2.75, 3.05) is 0 Å². The second-order valence-electron chi connectivity index (χ2n) is 12.1. The molecule has 6 aromatic rings. The Kier molecular flexibility index (Phi) is 19.9. The molecule has 2 aromatic heterocycles. The Bertz CT molecular complexity index is 2450. The van der Waals surface area contributed by atoms with E-state index in [4.69, 9.17) is 0 Å². The minimum Gasteiger partial charge on any atom is -0.744 e. The molecule has 0 aliphatic carbocycles. The van der Waals surface area contributed by atoms with Crippen molar-refractivity contribution in [2.45, 2.75) is 21.2 Å². The molecule has 0 N–H and O–H groups in total. The number of pyridine rings is 2. The molecule has 59 heavy (non-hydrogen) atoms. The molecule has 15 heteroatoms. The third kappa shape index (κ3) is 17.3. The predicted octanol–water partition coefficient (Wildman–Crippen LogP) is 3.86. The molecule has 2 heterocycles. The van der Waals surface area contributed by atoms with E-state index in [1.807, 2.05) is 17.7 Å². The molecular formula is C44H41N2NaO9S3. The van der Waals surface area contributed by atoms with Crippen LogP contribution in [0, 0.1) is 0 Å². The van der Waals surface area contributed by atoms with E-state index in [9.17, 15) is 38.9 Å². The number of rotatable bonds is 10. The zero-order chi connectivity index (χ0) is 42.9. The van der Waals surface area contributed by atoms with Gasteiger partial charge in [-0.1, -0.05) is 111 Å². The molecule has 0 aliphatic heterocycles. The molecule has 300 valence electrons. The molecule has 0 saturated carbocycles. The van der Waals surface area contributed by atoms with Gasteiger partial charge in [0.25, 0.3) is 0 Å². The third-order valence-corrected chi connectivity index (χ3v) is 10.5. The summed E-state index contributed by atoms with van der Waals surface area (Å²) in [4.78, 5) is -0.644. The second-order valence-corrected chi connectivity index (χ2v) is 16.3. The van der Waals surface area contributed by atoms with Gasteiger partial charge < -0.3 is 13.7 Å². The molecular weight excluding hydrogens is 820 g/mol. The summed E-state index contributed by atoms with van der Waals surface area (Å²) in [5.41, 5.74) is 7.25. The van der Waals surface area contributed by atoms with Gasteiger partial charge in [0.2, 0.25) is 0 Å². The molecule has 4 aromatic carbocycles. The second kappa shape index (κ2) is 23.5. The summed E-state index contributed by atoms with van der Waals surface area (Å²) in [6.45, 7) is 15.1. The molecule has 0 radical (unpaired) electrons. The monoisotopic (exact) mass is 860 g/mol. The summed E-state index contributed by atoms with van der Waals surface area (Å²) < 4.78 is 98.3. The van der Waals surface area contributed by atoms with Crippen molar-refractivity contribution < 1.29 is 77.6 Å². The fraction of sp³-hybridized carbons (Fsp3) is 0.0455. The van der Waals surface area contributed by atoms with E-state index in [1.165, 1.54) is 89.5 Å². The smallest absolute Gasteiger partial charge is 0.744 e. The van der Waals surface area contributed by atoms with E-state index >= 15 is 0 Å². The van der Waals surface area contributed by atoms with Gasteiger partial charge in [0.1, 0.15) is 37.4 Å². The number of benzene rings is 4. The zero-order valence-electron chi connectivity index (χ0n) is 32.5. The van der Waals surface area contributed by atoms with Crippen LogP contribution in [0.5, 0.6) is 0 Å². The van der Waals surface area contributed by atoms with E-state index in [-0.39, 0.29) is 44.2 Å². The maximum absolute atomic E-state index is 10.5. The SMILES string of the molecule is C=Cc1ccc(C[n+]2ccc(-c3cc[n+](C)cc3)cc2)cc1.C=Cc1ccc(S(=O)(=O)[O-])cc1.C=Cc1ccc(S(=O)(=O)[O-])cc1.C=Cc1ccc(S(=O)(=O)[O-])cc1.[Na+]. The van der Waals surface area contributed by atoms with Crippen molar-refractivity contribution in [3.63, 3.8) is 0 Å². The normalized spacial score (nSPS) is 10.6. The largest absolute Gasteiger partial charge is 1.00 e. The van der Waals surface area contributed by atoms with Crippen LogP contribution in [0.2, 0.25) is 0 Å². The van der Waals surface area contributed by atoms with Crippen LogP contribution < -0.4 is 38.7 Å². The van der Waals surface area contributed by atoms with E-state index in [0.29, 0.717) is 0 Å². The Morgan fingerprint density at radius 2 is 0.695 bits per heavy atom. The number of hydrogen-bond acceptors (Lipinski definition) is 9. The van der Waals surface area contributed by atoms with Gasteiger partial charge in [-0.3, -0.25) is 0 Å². The van der Waals surface area contributed by atoms with Crippen LogP contribution in [0.3, 0.4) is 0 Å². The summed E-state index contributed by atoms with van der Waals surface area (Å²) in [6, 6.07) is 33.8. The molecule has 0 aliphatic rings. The van der Waals surface area contributed by atoms with Gasteiger partial charge in [0.05, 0.1) is 14.7 Å². The maximum atomic E-state index is 10.5. The number of aromatic nitrogens is 2. The van der Waals surface area contributed by atoms with Crippen LogP contribution in [0.1, 0.15) is 27.8 Å². The van der Waals surface area contributed by atoms with E-state index in [0.717, 1.165) is 28.8 Å². The molecule has 11 nitrogen and oxygen atoms in total. The fourth-order valence-electron chi connectivity index (χ4n) is 4.73. The first kappa shape index (κ1) is 50.0. The van der Waals surface area contributed by atoms with Crippen LogP contribution in [0.25, 0.3) is 35.4 Å². The molecule has 0 saturated heterocycles. The molecule has 0 amide bonds. The van der Waals surface area contributed by atoms with Crippen LogP contribution in [-0.4, -0.2) is 38.9 Å². The zero-order valence-corrected chi connectivity index (χ0v) is 36.9. The first-order valence-electron chi connectivity index (χ1n) is 17.1. The first-order chi connectivity index (χ1) is 27.4. The van der Waals surface area contributed by atoms with Crippen molar-refractivity contribution >= 4 is 54.7 Å². The summed E-state index contributed by atoms with van der Waals surface area (Å²) in [7, 11) is -10.9. The summed E-state index contributed by atoms with van der Waals surface area (Å²) in [6.07, 6.45) is 15.0. The Morgan fingerprint density at radius 1 is 0.441 bits per heavy atom. The Morgan fingerprint density at radius 3 is 0.949 bits per heavy atom. The van der Waals surface area contributed by atoms with Gasteiger partial charge in [0, 0.05) is 29.8 Å². The molecule has 0 spiro atoms. The van der Waals surface area contributed by atoms with Gasteiger partial charge in [0.15, 0.2) is 31.3 Å². The fourth-order valence-corrected chi connectivity index (χ4v) is 6.14. The Labute approximate surface area is 369 Å². The minimum absolute atomic E-state index is 0. The third-order valence-electron chi connectivity index (χ3n) is 8.00. The number of hydrogen-bond donors (Lipinski definition) is 0. The summed E-state index contributed by atoms with van der Waals surface area (Å²) in [5, 5.41) is 0. The molecule has 0 unspecified atom stereocenters. The molecule has 0 bridgehead atoms. The molecule has 0 atom stereocenters. The minimum atomic E-state index is -4.31. The Hall–Kier alpha value is -5.13. The van der Waals surface area contributed by atoms with Gasteiger partial charge in [-0.25, -0.2) is 34.4 Å². The molecule has 6 rings (SSSR count). The van der Waals surface area contributed by atoms with Crippen LogP contribution in [-0.2, 0) is 43.9 Å². The standard InChI is InChI=1S/C20H20N2.3C8H8O3S.Na/c1-3-17-4-6-18(7-5-17)16-22-14-10-20(11-15-22)19-8-12-21(2)13-9-19;3*1-2-7-3-5-8(6-4-7)12(9,10)11;/h3-15H,1,16H2,2H3;3*2-6H,1H2,(H,9,10,11);/q+2;;;;+1/p-3. The maximum Gasteiger partial charge on any atom is 1.00 e. The van der Waals surface area contributed by atoms with Crippen molar-refractivity contribution in [1.29, 1.82) is 0 Å². The molecule has 0 fully saturated rings. The van der Waals surface area contributed by atoms with Crippen molar-refractivity contribution in [3.8, 4) is 11.1 Å². The number of nitrogens with zero attached hydrogens (tertiary/aromatic N) is 2. The van der Waals surface area contributed by atoms with Crippen LogP contribution in [0.4, 0.5) is 0 Å². The quantitative estimate of drug-likeness (QED) is 0.112. The van der Waals surface area contributed by atoms with Gasteiger partial charge in [-0.15, -0.1) is 0 Å². The van der Waals surface area contributed by atoms with Crippen LogP contribution >= 0.6 is 0 Å². The van der Waals surface area contributed by atoms with Gasteiger partial charge in [-0.2, -0.15) is 0 Å². The van der Waals surface area contributed by atoms with Crippen molar-refractivity contribution in [2.24, 2.45) is 7.05 Å². The first-order valence-corrected chi connectivity index (χ1v) is 21.3. The van der Waals surface area contributed by atoms with Gasteiger partial charge >= 0.3 is 29.6 Å². The summed E-state index contributed by atoms with van der Waals surface area (Å²) >= 11 is 0. The van der Waals surface area contributed by atoms with Gasteiger partial charge in [-0.05, 0) is 69.8 Å². The van der Waals surface area contributed by atoms with E-state index in [2.05, 4.69) is 104 Å². The predicted molar refractivity (Wildman–Crippen MR) is 222 cm³/mol. The number of aryl methyl sites for hydroxylation is 1.